The van der Waals surface area contributed by atoms with Crippen LogP contribution in [0.1, 0.15) is 24.1 Å². The molecule has 2 aromatic carbocycles. The van der Waals surface area contributed by atoms with E-state index in [4.69, 9.17) is 11.6 Å². The molecule has 0 bridgehead atoms. The molecule has 0 saturated carbocycles. The van der Waals surface area contributed by atoms with Crippen LogP contribution in [0.15, 0.2) is 36.4 Å². The highest BCUT2D eigenvalue weighted by Gasteiger charge is 2.10. The number of nitrogens with one attached hydrogen (secondary N) is 1. The molecular formula is C15H15ClFNO. The molecule has 2 rings (SSSR count). The molecule has 2 N–H and O–H groups in total. The number of halogens is 2. The number of aryl methyl sites for hydroxylation is 1. The average Bonchev–Trinajstić information content (AvgIpc) is 2.33. The Kier molecular flexibility index (Phi) is 3.96. The Morgan fingerprint density at radius 2 is 1.95 bits per heavy atom. The average molecular weight is 280 g/mol. The van der Waals surface area contributed by atoms with Crippen LogP contribution >= 0.6 is 11.6 Å². The van der Waals surface area contributed by atoms with Crippen LogP contribution in [0.2, 0.25) is 5.02 Å². The number of benzene rings is 2. The summed E-state index contributed by atoms with van der Waals surface area (Å²) in [5.74, 6) is -0.0838. The monoisotopic (exact) mass is 279 g/mol. The fourth-order valence-corrected chi connectivity index (χ4v) is 2.26. The second kappa shape index (κ2) is 5.49. The summed E-state index contributed by atoms with van der Waals surface area (Å²) in [5, 5.41) is 13.1. The van der Waals surface area contributed by atoms with Gasteiger partial charge in [-0.25, -0.2) is 4.39 Å². The summed E-state index contributed by atoms with van der Waals surface area (Å²) in [6.45, 7) is 3.78. The number of hydrogen-bond donors (Lipinski definition) is 2. The van der Waals surface area contributed by atoms with E-state index in [9.17, 15) is 9.50 Å². The van der Waals surface area contributed by atoms with Crippen LogP contribution in [0, 0.1) is 12.7 Å². The molecule has 0 aliphatic carbocycles. The van der Waals surface area contributed by atoms with Crippen molar-refractivity contribution < 1.29 is 9.50 Å². The summed E-state index contributed by atoms with van der Waals surface area (Å²) in [7, 11) is 0. The molecule has 0 heterocycles. The number of anilines is 1. The molecule has 19 heavy (non-hydrogen) atoms. The van der Waals surface area contributed by atoms with Crippen LogP contribution in [-0.2, 0) is 0 Å². The summed E-state index contributed by atoms with van der Waals surface area (Å²) in [6, 6.07) is 9.58. The summed E-state index contributed by atoms with van der Waals surface area (Å²) in [5.41, 5.74) is 2.50. The van der Waals surface area contributed by atoms with Gasteiger partial charge in [-0.15, -0.1) is 0 Å². The van der Waals surface area contributed by atoms with E-state index in [1.165, 1.54) is 12.1 Å². The fraction of sp³-hybridized carbons (Fsp3) is 0.200. The molecule has 2 nitrogen and oxygen atoms in total. The predicted octanol–water partition coefficient (Wildman–Crippen LogP) is 4.67. The Morgan fingerprint density at radius 1 is 1.21 bits per heavy atom. The Labute approximate surface area is 116 Å². The Balaban J connectivity index is 2.20. The molecule has 0 amide bonds. The zero-order valence-electron chi connectivity index (χ0n) is 10.7. The van der Waals surface area contributed by atoms with Crippen molar-refractivity contribution >= 4 is 17.3 Å². The van der Waals surface area contributed by atoms with Crippen LogP contribution in [-0.4, -0.2) is 5.11 Å². The molecule has 100 valence electrons. The van der Waals surface area contributed by atoms with Gasteiger partial charge in [-0.3, -0.25) is 0 Å². The topological polar surface area (TPSA) is 32.3 Å². The van der Waals surface area contributed by atoms with E-state index in [0.717, 1.165) is 16.8 Å². The molecule has 0 fully saturated rings. The first-order valence-corrected chi connectivity index (χ1v) is 6.36. The summed E-state index contributed by atoms with van der Waals surface area (Å²) in [6.07, 6.45) is 0. The van der Waals surface area contributed by atoms with Gasteiger partial charge in [0.2, 0.25) is 0 Å². The van der Waals surface area contributed by atoms with E-state index in [-0.39, 0.29) is 17.6 Å². The lowest BCUT2D eigenvalue weighted by Gasteiger charge is -2.17. The third-order valence-corrected chi connectivity index (χ3v) is 3.34. The molecular weight excluding hydrogens is 265 g/mol. The second-order valence-corrected chi connectivity index (χ2v) is 4.94. The predicted molar refractivity (Wildman–Crippen MR) is 76.3 cm³/mol. The lowest BCUT2D eigenvalue weighted by atomic mass is 10.1. The summed E-state index contributed by atoms with van der Waals surface area (Å²) < 4.78 is 13.0. The van der Waals surface area contributed by atoms with E-state index in [0.29, 0.717) is 5.02 Å². The molecule has 0 saturated heterocycles. The first-order valence-electron chi connectivity index (χ1n) is 5.98. The molecule has 0 aliphatic heterocycles. The van der Waals surface area contributed by atoms with Crippen molar-refractivity contribution in [3.05, 3.63) is 58.4 Å². The molecule has 0 spiro atoms. The highest BCUT2D eigenvalue weighted by molar-refractivity contribution is 6.31. The van der Waals surface area contributed by atoms with Crippen molar-refractivity contribution in [3.8, 4) is 5.75 Å². The van der Waals surface area contributed by atoms with Gasteiger partial charge >= 0.3 is 0 Å². The van der Waals surface area contributed by atoms with Gasteiger partial charge in [-0.1, -0.05) is 17.7 Å². The molecule has 1 unspecified atom stereocenters. The second-order valence-electron chi connectivity index (χ2n) is 4.53. The standard InChI is InChI=1S/C15H15ClFNO/c1-9-7-12(4-6-15(9)19)18-10(2)13-5-3-11(17)8-14(13)16/h3-8,10,18-19H,1-2H3. The highest BCUT2D eigenvalue weighted by Crippen LogP contribution is 2.28. The molecule has 1 atom stereocenters. The van der Waals surface area contributed by atoms with E-state index < -0.39 is 0 Å². The van der Waals surface area contributed by atoms with Crippen LogP contribution in [0.4, 0.5) is 10.1 Å². The van der Waals surface area contributed by atoms with Crippen molar-refractivity contribution in [3.63, 3.8) is 0 Å². The minimum Gasteiger partial charge on any atom is -0.508 e. The first kappa shape index (κ1) is 13.7. The maximum Gasteiger partial charge on any atom is 0.124 e. The first-order chi connectivity index (χ1) is 8.97. The summed E-state index contributed by atoms with van der Waals surface area (Å²) >= 11 is 6.03. The van der Waals surface area contributed by atoms with Crippen molar-refractivity contribution in [2.24, 2.45) is 0 Å². The Hall–Kier alpha value is -1.74. The van der Waals surface area contributed by atoms with Gasteiger partial charge < -0.3 is 10.4 Å². The van der Waals surface area contributed by atoms with E-state index >= 15 is 0 Å². The molecule has 0 aliphatic rings. The third-order valence-electron chi connectivity index (χ3n) is 3.01. The van der Waals surface area contributed by atoms with Crippen LogP contribution in [0.5, 0.6) is 5.75 Å². The van der Waals surface area contributed by atoms with Crippen LogP contribution < -0.4 is 5.32 Å². The lowest BCUT2D eigenvalue weighted by molar-refractivity contribution is 0.471. The van der Waals surface area contributed by atoms with Gasteiger partial charge in [-0.05, 0) is 55.3 Å². The van der Waals surface area contributed by atoms with Crippen LogP contribution in [0.25, 0.3) is 0 Å². The zero-order chi connectivity index (χ0) is 14.0. The number of aromatic hydroxyl groups is 1. The van der Waals surface area contributed by atoms with Crippen molar-refractivity contribution in [1.82, 2.24) is 0 Å². The summed E-state index contributed by atoms with van der Waals surface area (Å²) in [4.78, 5) is 0. The maximum absolute atomic E-state index is 13.0. The Morgan fingerprint density at radius 3 is 2.58 bits per heavy atom. The number of rotatable bonds is 3. The Bertz CT molecular complexity index is 601. The van der Waals surface area contributed by atoms with Crippen LogP contribution in [0.3, 0.4) is 0 Å². The third kappa shape index (κ3) is 3.18. The fourth-order valence-electron chi connectivity index (χ4n) is 1.93. The van der Waals surface area contributed by atoms with Gasteiger partial charge in [0, 0.05) is 16.8 Å². The van der Waals surface area contributed by atoms with E-state index in [2.05, 4.69) is 5.32 Å². The largest absolute Gasteiger partial charge is 0.508 e. The quantitative estimate of drug-likeness (QED) is 0.801. The van der Waals surface area contributed by atoms with Crippen molar-refractivity contribution in [2.75, 3.05) is 5.32 Å². The minimum absolute atomic E-state index is 0.0583. The number of phenols is 1. The van der Waals surface area contributed by atoms with E-state index in [1.807, 2.05) is 19.9 Å². The highest BCUT2D eigenvalue weighted by atomic mass is 35.5. The van der Waals surface area contributed by atoms with Gasteiger partial charge in [0.25, 0.3) is 0 Å². The smallest absolute Gasteiger partial charge is 0.124 e. The zero-order valence-corrected chi connectivity index (χ0v) is 11.5. The normalized spacial score (nSPS) is 12.2. The van der Waals surface area contributed by atoms with Crippen molar-refractivity contribution in [1.29, 1.82) is 0 Å². The van der Waals surface area contributed by atoms with Gasteiger partial charge in [-0.2, -0.15) is 0 Å². The molecule has 2 aromatic rings. The van der Waals surface area contributed by atoms with Crippen molar-refractivity contribution in [2.45, 2.75) is 19.9 Å². The molecule has 4 heteroatoms. The molecule has 0 radical (unpaired) electrons. The van der Waals surface area contributed by atoms with Gasteiger partial charge in [0.15, 0.2) is 0 Å². The SMILES string of the molecule is Cc1cc(NC(C)c2ccc(F)cc2Cl)ccc1O. The van der Waals surface area contributed by atoms with E-state index in [1.54, 1.807) is 18.2 Å². The number of phenolic OH excluding ortho intramolecular Hbond substituents is 1. The minimum atomic E-state index is -0.346. The maximum atomic E-state index is 13.0. The molecule has 0 aromatic heterocycles. The van der Waals surface area contributed by atoms with Gasteiger partial charge in [0.1, 0.15) is 11.6 Å². The van der Waals surface area contributed by atoms with Gasteiger partial charge in [0.05, 0.1) is 0 Å². The lowest BCUT2D eigenvalue weighted by Crippen LogP contribution is -2.07. The number of hydrogen-bond acceptors (Lipinski definition) is 2.